The van der Waals surface area contributed by atoms with Gasteiger partial charge in [-0.3, -0.25) is 9.69 Å². The van der Waals surface area contributed by atoms with Crippen LogP contribution in [0.15, 0.2) is 36.4 Å². The SMILES string of the molecule is CN(C(=O)C#Cc1ccc(C(F)(F)F)cc1)C1CCC2(O)[C@@H]3Cc4ccc(O)c5c4[C@@]2(CCN3CC2CC2)C1O5. The summed E-state index contributed by atoms with van der Waals surface area (Å²) in [6.07, 6.45) is -0.180. The van der Waals surface area contributed by atoms with Crippen molar-refractivity contribution < 1.29 is 32.9 Å². The van der Waals surface area contributed by atoms with E-state index < -0.39 is 40.8 Å². The van der Waals surface area contributed by atoms with Crippen LogP contribution >= 0.6 is 0 Å². The van der Waals surface area contributed by atoms with Crippen LogP contribution in [0, 0.1) is 17.8 Å². The molecular formula is C31H31F3N2O4. The fraction of sp³-hybridized carbons (Fsp3) is 0.516. The summed E-state index contributed by atoms with van der Waals surface area (Å²) in [6, 6.07) is 7.54. The zero-order chi connectivity index (χ0) is 28.0. The Balaban J connectivity index is 1.20. The van der Waals surface area contributed by atoms with Crippen molar-refractivity contribution in [1.29, 1.82) is 0 Å². The number of hydrogen-bond acceptors (Lipinski definition) is 5. The molecule has 2 aromatic carbocycles. The van der Waals surface area contributed by atoms with Gasteiger partial charge in [0.2, 0.25) is 0 Å². The second kappa shape index (κ2) is 8.64. The average molecular weight is 553 g/mol. The number of phenols is 1. The van der Waals surface area contributed by atoms with Crippen molar-refractivity contribution in [2.24, 2.45) is 5.92 Å². The second-order valence-electron chi connectivity index (χ2n) is 12.1. The summed E-state index contributed by atoms with van der Waals surface area (Å²) in [5.41, 5.74) is -0.291. The van der Waals surface area contributed by atoms with Gasteiger partial charge >= 0.3 is 6.18 Å². The molecule has 0 radical (unpaired) electrons. The first kappa shape index (κ1) is 25.7. The van der Waals surface area contributed by atoms with Gasteiger partial charge in [-0.05, 0) is 86.9 Å². The molecule has 210 valence electrons. The molecule has 7 rings (SSSR count). The van der Waals surface area contributed by atoms with E-state index in [1.807, 2.05) is 6.07 Å². The standard InChI is InChI=1S/C31H31F3N2O4/c1-35(25(38)11-6-18-4-8-21(9-5-18)31(32,33)34)22-12-13-30(39)24-16-20-7-10-23(37)27-26(20)29(30,28(22)40-27)14-15-36(24)17-19-2-3-19/h4-5,7-10,19,22,24,28,37,39H,2-3,12-17H2,1H3/t22?,24-,28?,29-,30?/m0/s1. The van der Waals surface area contributed by atoms with E-state index in [4.69, 9.17) is 4.74 Å². The number of rotatable bonds is 3. The van der Waals surface area contributed by atoms with Crippen LogP contribution in [-0.4, -0.2) is 69.8 Å². The Morgan fingerprint density at radius 3 is 2.60 bits per heavy atom. The molecule has 2 saturated carbocycles. The number of nitrogens with zero attached hydrogens (tertiary/aromatic N) is 2. The number of carbonyl (C=O) groups excluding carboxylic acids is 1. The summed E-state index contributed by atoms with van der Waals surface area (Å²) in [5, 5.41) is 23.4. The topological polar surface area (TPSA) is 73.2 Å². The van der Waals surface area contributed by atoms with Crippen LogP contribution in [0.4, 0.5) is 13.2 Å². The summed E-state index contributed by atoms with van der Waals surface area (Å²) < 4.78 is 45.2. The molecular weight excluding hydrogens is 521 g/mol. The van der Waals surface area contributed by atoms with Crippen LogP contribution in [-0.2, 0) is 22.8 Å². The Morgan fingerprint density at radius 2 is 1.90 bits per heavy atom. The minimum absolute atomic E-state index is 0.0403. The number of benzene rings is 2. The lowest BCUT2D eigenvalue weighted by atomic mass is 9.48. The number of aliphatic hydroxyl groups is 1. The highest BCUT2D eigenvalue weighted by molar-refractivity contribution is 5.94. The summed E-state index contributed by atoms with van der Waals surface area (Å²) in [4.78, 5) is 17.3. The number of halogens is 3. The van der Waals surface area contributed by atoms with Crippen LogP contribution in [0.3, 0.4) is 0 Å². The fourth-order valence-corrected chi connectivity index (χ4v) is 7.96. The Labute approximate surface area is 230 Å². The first-order valence-corrected chi connectivity index (χ1v) is 14.0. The van der Waals surface area contributed by atoms with E-state index >= 15 is 0 Å². The maximum Gasteiger partial charge on any atom is 0.416 e. The summed E-state index contributed by atoms with van der Waals surface area (Å²) in [6.45, 7) is 1.80. The van der Waals surface area contributed by atoms with Gasteiger partial charge in [0.05, 0.1) is 22.6 Å². The van der Waals surface area contributed by atoms with E-state index in [1.165, 1.54) is 25.0 Å². The number of amides is 1. The van der Waals surface area contributed by atoms with E-state index in [-0.39, 0.29) is 11.8 Å². The molecule has 2 aromatic rings. The molecule has 6 nitrogen and oxygen atoms in total. The molecule has 5 aliphatic rings. The zero-order valence-electron chi connectivity index (χ0n) is 22.2. The number of carbonyl (C=O) groups is 1. The third kappa shape index (κ3) is 3.61. The van der Waals surface area contributed by atoms with Crippen LogP contribution in [0.1, 0.15) is 54.4 Å². The fourth-order valence-electron chi connectivity index (χ4n) is 7.96. The van der Waals surface area contributed by atoms with Gasteiger partial charge in [0.15, 0.2) is 11.5 Å². The number of likely N-dealkylation sites (tertiary alicyclic amines) is 1. The van der Waals surface area contributed by atoms with Gasteiger partial charge in [0, 0.05) is 36.7 Å². The van der Waals surface area contributed by atoms with Gasteiger partial charge in [-0.15, -0.1) is 0 Å². The van der Waals surface area contributed by atoms with Crippen molar-refractivity contribution in [2.45, 2.75) is 73.9 Å². The van der Waals surface area contributed by atoms with Crippen molar-refractivity contribution in [3.63, 3.8) is 0 Å². The number of alkyl halides is 3. The minimum Gasteiger partial charge on any atom is -0.504 e. The highest BCUT2D eigenvalue weighted by Gasteiger charge is 2.73. The maximum absolute atomic E-state index is 13.3. The smallest absolute Gasteiger partial charge is 0.416 e. The maximum atomic E-state index is 13.3. The van der Waals surface area contributed by atoms with E-state index in [0.29, 0.717) is 42.9 Å². The predicted octanol–water partition coefficient (Wildman–Crippen LogP) is 3.85. The molecule has 2 heterocycles. The van der Waals surface area contributed by atoms with E-state index in [1.54, 1.807) is 18.0 Å². The number of piperidine rings is 1. The molecule has 0 aromatic heterocycles. The van der Waals surface area contributed by atoms with Crippen LogP contribution < -0.4 is 4.74 Å². The van der Waals surface area contributed by atoms with Crippen LogP contribution in [0.25, 0.3) is 0 Å². The predicted molar refractivity (Wildman–Crippen MR) is 140 cm³/mol. The monoisotopic (exact) mass is 552 g/mol. The lowest BCUT2D eigenvalue weighted by Gasteiger charge is -2.64. The summed E-state index contributed by atoms with van der Waals surface area (Å²) in [5.74, 6) is 5.94. The largest absolute Gasteiger partial charge is 0.504 e. The van der Waals surface area contributed by atoms with Crippen LogP contribution in [0.5, 0.6) is 11.5 Å². The van der Waals surface area contributed by atoms with E-state index in [9.17, 15) is 28.2 Å². The second-order valence-corrected chi connectivity index (χ2v) is 12.1. The van der Waals surface area contributed by atoms with Gasteiger partial charge in [-0.2, -0.15) is 13.2 Å². The van der Waals surface area contributed by atoms with Gasteiger partial charge in [0.25, 0.3) is 5.91 Å². The Hall–Kier alpha value is -3.22. The number of ether oxygens (including phenoxy) is 1. The van der Waals surface area contributed by atoms with E-state index in [2.05, 4.69) is 16.7 Å². The quantitative estimate of drug-likeness (QED) is 0.566. The molecule has 40 heavy (non-hydrogen) atoms. The first-order chi connectivity index (χ1) is 19.0. The Kier molecular flexibility index (Phi) is 5.56. The molecule has 1 spiro atoms. The van der Waals surface area contributed by atoms with Crippen molar-refractivity contribution in [1.82, 2.24) is 9.80 Å². The highest BCUT2D eigenvalue weighted by atomic mass is 19.4. The van der Waals surface area contributed by atoms with Crippen LogP contribution in [0.2, 0.25) is 0 Å². The van der Waals surface area contributed by atoms with Crippen molar-refractivity contribution >= 4 is 5.91 Å². The molecule has 5 atom stereocenters. The van der Waals surface area contributed by atoms with Gasteiger partial charge in [-0.25, -0.2) is 0 Å². The zero-order valence-corrected chi connectivity index (χ0v) is 22.2. The van der Waals surface area contributed by atoms with Crippen molar-refractivity contribution in [2.75, 3.05) is 20.1 Å². The molecule has 1 amide bonds. The van der Waals surface area contributed by atoms with Gasteiger partial charge in [0.1, 0.15) is 6.10 Å². The first-order valence-electron chi connectivity index (χ1n) is 14.0. The molecule has 1 saturated heterocycles. The number of phenolic OH excluding ortho intramolecular Hbond substituents is 1. The Bertz CT molecular complexity index is 1440. The third-order valence-corrected chi connectivity index (χ3v) is 10.1. The number of aromatic hydroxyl groups is 1. The number of likely N-dealkylation sites (N-methyl/N-ethyl adjacent to an activating group) is 1. The highest BCUT2D eigenvalue weighted by Crippen LogP contribution is 2.66. The van der Waals surface area contributed by atoms with E-state index in [0.717, 1.165) is 36.3 Å². The molecule has 3 aliphatic carbocycles. The lowest BCUT2D eigenvalue weighted by molar-refractivity contribution is -0.199. The van der Waals surface area contributed by atoms with Gasteiger partial charge < -0.3 is 19.8 Å². The van der Waals surface area contributed by atoms with Gasteiger partial charge in [-0.1, -0.05) is 12.0 Å². The summed E-state index contributed by atoms with van der Waals surface area (Å²) in [7, 11) is 1.66. The minimum atomic E-state index is -4.44. The number of hydrogen-bond donors (Lipinski definition) is 2. The average Bonchev–Trinajstić information content (AvgIpc) is 3.67. The summed E-state index contributed by atoms with van der Waals surface area (Å²) >= 11 is 0. The molecule has 3 unspecified atom stereocenters. The molecule has 2 bridgehead atoms. The Morgan fingerprint density at radius 1 is 1.15 bits per heavy atom. The molecule has 2 aliphatic heterocycles. The molecule has 3 fully saturated rings. The molecule has 2 N–H and O–H groups in total. The third-order valence-electron chi connectivity index (χ3n) is 10.1. The van der Waals surface area contributed by atoms with Crippen molar-refractivity contribution in [3.8, 4) is 23.3 Å². The normalized spacial score (nSPS) is 32.0. The molecule has 9 heteroatoms. The lowest BCUT2D eigenvalue weighted by Crippen LogP contribution is -2.78. The van der Waals surface area contributed by atoms with Crippen molar-refractivity contribution in [3.05, 3.63) is 58.7 Å².